The van der Waals surface area contributed by atoms with Crippen molar-refractivity contribution in [1.82, 2.24) is 23.4 Å². The topological polar surface area (TPSA) is 46.8 Å². The van der Waals surface area contributed by atoms with Gasteiger partial charge < -0.3 is 0 Å². The van der Waals surface area contributed by atoms with Gasteiger partial charge in [-0.25, -0.2) is 0 Å². The molecule has 0 aliphatic heterocycles. The molecule has 116 valence electrons. The molecule has 5 nitrogen and oxygen atoms in total. The first-order chi connectivity index (χ1) is 10.6. The van der Waals surface area contributed by atoms with E-state index in [1.807, 2.05) is 13.1 Å². The maximum atomic E-state index is 6.36. The maximum Gasteiger partial charge on any atom is 0.131 e. The van der Waals surface area contributed by atoms with Crippen LogP contribution < -0.4 is 0 Å². The van der Waals surface area contributed by atoms with Crippen molar-refractivity contribution in [3.05, 3.63) is 40.2 Å². The Bertz CT molecular complexity index is 794. The molecule has 0 saturated carbocycles. The average Bonchev–Trinajstić information content (AvgIpc) is 3.06. The molecule has 0 saturated heterocycles. The summed E-state index contributed by atoms with van der Waals surface area (Å²) in [5.74, 6) is 0. The number of rotatable bonds is 5. The van der Waals surface area contributed by atoms with E-state index < -0.39 is 0 Å². The van der Waals surface area contributed by atoms with Gasteiger partial charge in [0, 0.05) is 25.7 Å². The number of hydrogen-bond acceptors (Lipinski definition) is 5. The van der Waals surface area contributed by atoms with Crippen LogP contribution in [0.1, 0.15) is 23.7 Å². The van der Waals surface area contributed by atoms with Gasteiger partial charge in [-0.05, 0) is 31.2 Å². The lowest BCUT2D eigenvalue weighted by Gasteiger charge is -2.17. The van der Waals surface area contributed by atoms with Gasteiger partial charge in [-0.1, -0.05) is 24.6 Å². The van der Waals surface area contributed by atoms with Crippen LogP contribution in [0.15, 0.2) is 18.2 Å². The van der Waals surface area contributed by atoms with Crippen LogP contribution in [0.2, 0.25) is 5.15 Å². The number of benzene rings is 1. The van der Waals surface area contributed by atoms with Crippen LogP contribution in [0.5, 0.6) is 0 Å². The third-order valence-corrected chi connectivity index (χ3v) is 4.72. The molecule has 0 spiro atoms. The molecular formula is C15H18ClN5S. The van der Waals surface area contributed by atoms with Crippen LogP contribution in [-0.2, 0) is 26.6 Å². The zero-order valence-corrected chi connectivity index (χ0v) is 14.4. The molecule has 0 atom stereocenters. The van der Waals surface area contributed by atoms with Gasteiger partial charge in [-0.2, -0.15) is 13.8 Å². The van der Waals surface area contributed by atoms with Crippen molar-refractivity contribution in [3.63, 3.8) is 0 Å². The summed E-state index contributed by atoms with van der Waals surface area (Å²) >= 11 is 7.61. The Morgan fingerprint density at radius 1 is 1.23 bits per heavy atom. The smallest absolute Gasteiger partial charge is 0.131 e. The minimum Gasteiger partial charge on any atom is -0.298 e. The van der Waals surface area contributed by atoms with Gasteiger partial charge in [0.15, 0.2) is 0 Å². The van der Waals surface area contributed by atoms with E-state index in [9.17, 15) is 0 Å². The Hall–Kier alpha value is -1.50. The van der Waals surface area contributed by atoms with Crippen molar-refractivity contribution in [2.45, 2.75) is 26.4 Å². The Labute approximate surface area is 138 Å². The Morgan fingerprint density at radius 2 is 2.00 bits per heavy atom. The second-order valence-electron chi connectivity index (χ2n) is 5.45. The molecule has 0 radical (unpaired) electrons. The highest BCUT2D eigenvalue weighted by Gasteiger charge is 2.15. The van der Waals surface area contributed by atoms with Crippen LogP contribution in [0.25, 0.3) is 11.0 Å². The minimum atomic E-state index is 0.725. The second-order valence-corrected chi connectivity index (χ2v) is 6.34. The highest BCUT2D eigenvalue weighted by atomic mass is 35.5. The summed E-state index contributed by atoms with van der Waals surface area (Å²) in [7, 11) is 3.97. The predicted molar refractivity (Wildman–Crippen MR) is 90.2 cm³/mol. The largest absolute Gasteiger partial charge is 0.298 e. The van der Waals surface area contributed by atoms with Crippen molar-refractivity contribution in [3.8, 4) is 0 Å². The van der Waals surface area contributed by atoms with Gasteiger partial charge in [0.2, 0.25) is 0 Å². The molecule has 0 unspecified atom stereocenters. The highest BCUT2D eigenvalue weighted by molar-refractivity contribution is 7.00. The van der Waals surface area contributed by atoms with E-state index in [0.29, 0.717) is 0 Å². The molecule has 3 rings (SSSR count). The number of nitrogens with zero attached hydrogens (tertiary/aromatic N) is 5. The molecule has 0 bridgehead atoms. The molecular weight excluding hydrogens is 318 g/mol. The molecule has 7 heteroatoms. The average molecular weight is 336 g/mol. The molecule has 0 amide bonds. The molecule has 0 aliphatic carbocycles. The van der Waals surface area contributed by atoms with Gasteiger partial charge in [0.1, 0.15) is 16.2 Å². The van der Waals surface area contributed by atoms with Crippen molar-refractivity contribution < 1.29 is 0 Å². The van der Waals surface area contributed by atoms with E-state index in [1.54, 1.807) is 4.68 Å². The van der Waals surface area contributed by atoms with Gasteiger partial charge in [0.25, 0.3) is 0 Å². The quantitative estimate of drug-likeness (QED) is 0.718. The zero-order valence-electron chi connectivity index (χ0n) is 12.9. The van der Waals surface area contributed by atoms with Gasteiger partial charge in [0.05, 0.1) is 17.4 Å². The van der Waals surface area contributed by atoms with E-state index in [0.717, 1.165) is 47.0 Å². The number of hydrogen-bond donors (Lipinski definition) is 0. The minimum absolute atomic E-state index is 0.725. The van der Waals surface area contributed by atoms with Crippen LogP contribution in [0.4, 0.5) is 0 Å². The van der Waals surface area contributed by atoms with Gasteiger partial charge in [-0.3, -0.25) is 9.58 Å². The summed E-state index contributed by atoms with van der Waals surface area (Å²) in [5.41, 5.74) is 5.33. The second kappa shape index (κ2) is 6.32. The molecule has 22 heavy (non-hydrogen) atoms. The summed E-state index contributed by atoms with van der Waals surface area (Å²) in [6.07, 6.45) is 0.889. The number of aromatic nitrogens is 4. The predicted octanol–water partition coefficient (Wildman–Crippen LogP) is 3.27. The van der Waals surface area contributed by atoms with Crippen LogP contribution >= 0.6 is 23.3 Å². The van der Waals surface area contributed by atoms with E-state index in [2.05, 4.69) is 44.8 Å². The number of aryl methyl sites for hydroxylation is 2. The highest BCUT2D eigenvalue weighted by Crippen LogP contribution is 2.22. The van der Waals surface area contributed by atoms with Gasteiger partial charge in [-0.15, -0.1) is 0 Å². The fraction of sp³-hybridized carbons (Fsp3) is 0.400. The monoisotopic (exact) mass is 335 g/mol. The first-order valence-corrected chi connectivity index (χ1v) is 8.29. The fourth-order valence-electron chi connectivity index (χ4n) is 2.60. The molecule has 2 heterocycles. The zero-order chi connectivity index (χ0) is 15.7. The Kier molecular flexibility index (Phi) is 4.42. The van der Waals surface area contributed by atoms with Crippen LogP contribution in [-0.4, -0.2) is 30.5 Å². The summed E-state index contributed by atoms with van der Waals surface area (Å²) in [6.45, 7) is 3.72. The first kappa shape index (κ1) is 15.4. The van der Waals surface area contributed by atoms with Crippen molar-refractivity contribution in [1.29, 1.82) is 0 Å². The summed E-state index contributed by atoms with van der Waals surface area (Å²) in [6, 6.07) is 6.23. The van der Waals surface area contributed by atoms with E-state index in [4.69, 9.17) is 11.6 Å². The fourth-order valence-corrected chi connectivity index (χ4v) is 3.33. The summed E-state index contributed by atoms with van der Waals surface area (Å²) < 4.78 is 10.3. The van der Waals surface area contributed by atoms with E-state index in [1.165, 1.54) is 17.3 Å². The SMILES string of the molecule is CCc1nn(C)c(Cl)c1CN(C)Cc1ccc2nsnc2c1. The lowest BCUT2D eigenvalue weighted by Crippen LogP contribution is -2.18. The van der Waals surface area contributed by atoms with Gasteiger partial charge >= 0.3 is 0 Å². The molecule has 0 fully saturated rings. The lowest BCUT2D eigenvalue weighted by atomic mass is 10.1. The van der Waals surface area contributed by atoms with Crippen LogP contribution in [0.3, 0.4) is 0 Å². The number of fused-ring (bicyclic) bond motifs is 1. The molecule has 2 aromatic heterocycles. The van der Waals surface area contributed by atoms with E-state index >= 15 is 0 Å². The maximum absolute atomic E-state index is 6.36. The third-order valence-electron chi connectivity index (χ3n) is 3.69. The normalized spacial score (nSPS) is 11.7. The molecule has 0 N–H and O–H groups in total. The molecule has 0 aliphatic rings. The molecule has 3 aromatic rings. The van der Waals surface area contributed by atoms with Crippen molar-refractivity contribution >= 4 is 34.4 Å². The van der Waals surface area contributed by atoms with Crippen molar-refractivity contribution in [2.75, 3.05) is 7.05 Å². The van der Waals surface area contributed by atoms with Crippen molar-refractivity contribution in [2.24, 2.45) is 7.05 Å². The first-order valence-electron chi connectivity index (χ1n) is 7.18. The third kappa shape index (κ3) is 2.99. The summed E-state index contributed by atoms with van der Waals surface area (Å²) in [4.78, 5) is 2.24. The lowest BCUT2D eigenvalue weighted by molar-refractivity contribution is 0.318. The van der Waals surface area contributed by atoms with Crippen LogP contribution in [0, 0.1) is 0 Å². The Morgan fingerprint density at radius 3 is 2.77 bits per heavy atom. The summed E-state index contributed by atoms with van der Waals surface area (Å²) in [5, 5.41) is 5.19. The Balaban J connectivity index is 1.75. The standard InChI is InChI=1S/C15H18ClN5S/c1-4-12-11(15(16)21(3)17-12)9-20(2)8-10-5-6-13-14(7-10)19-22-18-13/h5-7H,4,8-9H2,1-3H3. The number of halogens is 1. The molecule has 1 aromatic carbocycles. The van der Waals surface area contributed by atoms with E-state index in [-0.39, 0.29) is 0 Å².